The minimum atomic E-state index is -4.59. The van der Waals surface area contributed by atoms with Gasteiger partial charge in [-0.2, -0.15) is 13.2 Å². The Morgan fingerprint density at radius 2 is 1.62 bits per heavy atom. The van der Waals surface area contributed by atoms with Crippen molar-refractivity contribution >= 4 is 39.9 Å². The van der Waals surface area contributed by atoms with Gasteiger partial charge >= 0.3 is 12.1 Å². The fourth-order valence-electron chi connectivity index (χ4n) is 4.96. The molecule has 0 saturated heterocycles. The van der Waals surface area contributed by atoms with Crippen LogP contribution in [-0.2, 0) is 14.3 Å². The van der Waals surface area contributed by atoms with Gasteiger partial charge in [0.15, 0.2) is 0 Å². The first-order valence-electron chi connectivity index (χ1n) is 13.1. The Hall–Kier alpha value is -3.06. The zero-order valence-electron chi connectivity index (χ0n) is 22.4. The van der Waals surface area contributed by atoms with E-state index < -0.39 is 29.5 Å². The third-order valence-corrected chi connectivity index (χ3v) is 7.44. The molecule has 1 fully saturated rings. The number of anilines is 1. The summed E-state index contributed by atoms with van der Waals surface area (Å²) >= 11 is 6.40. The number of amides is 1. The fraction of sp³-hybridized carbons (Fsp3) is 0.419. The van der Waals surface area contributed by atoms with E-state index in [4.69, 9.17) is 16.3 Å². The maximum atomic E-state index is 13.9. The van der Waals surface area contributed by atoms with Crippen LogP contribution in [0.5, 0.6) is 0 Å². The van der Waals surface area contributed by atoms with Gasteiger partial charge < -0.3 is 10.1 Å². The summed E-state index contributed by atoms with van der Waals surface area (Å²) in [7, 11) is 0. The second-order valence-corrected chi connectivity index (χ2v) is 11.8. The summed E-state index contributed by atoms with van der Waals surface area (Å²) < 4.78 is 47.3. The summed E-state index contributed by atoms with van der Waals surface area (Å²) in [5, 5.41) is 4.49. The number of halogens is 4. The molecule has 1 N–H and O–H groups in total. The molecule has 208 valence electrons. The van der Waals surface area contributed by atoms with Crippen molar-refractivity contribution in [1.29, 1.82) is 0 Å². The van der Waals surface area contributed by atoms with Crippen molar-refractivity contribution in [2.75, 3.05) is 5.32 Å². The highest BCUT2D eigenvalue weighted by molar-refractivity contribution is 6.33. The van der Waals surface area contributed by atoms with E-state index in [0.29, 0.717) is 0 Å². The van der Waals surface area contributed by atoms with Crippen LogP contribution in [0.4, 0.5) is 18.9 Å². The smallest absolute Gasteiger partial charge is 0.392 e. The minimum Gasteiger partial charge on any atom is -0.460 e. The number of fused-ring (bicyclic) bond motifs is 1. The van der Waals surface area contributed by atoms with Crippen molar-refractivity contribution in [3.63, 3.8) is 0 Å². The molecule has 1 amide bonds. The lowest BCUT2D eigenvalue weighted by atomic mass is 9.84. The lowest BCUT2D eigenvalue weighted by Gasteiger charge is -2.26. The molecule has 3 aromatic rings. The van der Waals surface area contributed by atoms with E-state index in [9.17, 15) is 22.8 Å². The van der Waals surface area contributed by atoms with Crippen molar-refractivity contribution in [2.45, 2.75) is 70.6 Å². The van der Waals surface area contributed by atoms with E-state index in [2.05, 4.69) is 5.32 Å². The number of rotatable bonds is 8. The molecule has 39 heavy (non-hydrogen) atoms. The summed E-state index contributed by atoms with van der Waals surface area (Å²) in [5.74, 6) is -4.40. The van der Waals surface area contributed by atoms with Crippen LogP contribution >= 0.6 is 11.6 Å². The highest BCUT2D eigenvalue weighted by Crippen LogP contribution is 2.46. The zero-order chi connectivity index (χ0) is 28.5. The van der Waals surface area contributed by atoms with Gasteiger partial charge in [-0.25, -0.2) is 0 Å². The van der Waals surface area contributed by atoms with E-state index in [1.165, 1.54) is 0 Å². The topological polar surface area (TPSA) is 55.4 Å². The number of hydrogen-bond acceptors (Lipinski definition) is 3. The highest BCUT2D eigenvalue weighted by Gasteiger charge is 2.45. The second-order valence-electron chi connectivity index (χ2n) is 11.4. The monoisotopic (exact) mass is 559 g/mol. The summed E-state index contributed by atoms with van der Waals surface area (Å²) in [6.45, 7) is 6.43. The molecular weight excluding hydrogens is 527 g/mol. The largest absolute Gasteiger partial charge is 0.460 e. The molecule has 0 unspecified atom stereocenters. The average Bonchev–Trinajstić information content (AvgIpc) is 3.68. The van der Waals surface area contributed by atoms with Crippen LogP contribution < -0.4 is 5.32 Å². The summed E-state index contributed by atoms with van der Waals surface area (Å²) in [6.07, 6.45) is -2.50. The summed E-state index contributed by atoms with van der Waals surface area (Å²) in [5.41, 5.74) is 0.657. The Morgan fingerprint density at radius 1 is 0.974 bits per heavy atom. The van der Waals surface area contributed by atoms with Crippen LogP contribution in [0.15, 0.2) is 60.7 Å². The predicted octanol–water partition coefficient (Wildman–Crippen LogP) is 8.64. The summed E-state index contributed by atoms with van der Waals surface area (Å²) in [4.78, 5) is 26.1. The third-order valence-electron chi connectivity index (χ3n) is 7.11. The lowest BCUT2D eigenvalue weighted by Crippen LogP contribution is -2.34. The van der Waals surface area contributed by atoms with Gasteiger partial charge in [-0.15, -0.1) is 0 Å². The van der Waals surface area contributed by atoms with Gasteiger partial charge in [0, 0.05) is 0 Å². The molecule has 4 rings (SSSR count). The first-order valence-corrected chi connectivity index (χ1v) is 13.5. The van der Waals surface area contributed by atoms with Gasteiger partial charge in [0.1, 0.15) is 5.60 Å². The maximum Gasteiger partial charge on any atom is 0.392 e. The molecule has 0 spiro atoms. The number of alkyl halides is 3. The van der Waals surface area contributed by atoms with Crippen LogP contribution in [0.1, 0.15) is 69.9 Å². The van der Waals surface area contributed by atoms with Gasteiger partial charge in [-0.1, -0.05) is 67.1 Å². The number of ether oxygens (including phenoxy) is 1. The average molecular weight is 560 g/mol. The zero-order valence-corrected chi connectivity index (χ0v) is 23.2. The molecular formula is C31H33ClF3NO3. The molecule has 0 aliphatic heterocycles. The number of hydrogen-bond donors (Lipinski definition) is 1. The van der Waals surface area contributed by atoms with E-state index in [1.54, 1.807) is 69.3 Å². The van der Waals surface area contributed by atoms with Crippen molar-refractivity contribution in [1.82, 2.24) is 0 Å². The van der Waals surface area contributed by atoms with Crippen LogP contribution in [0.25, 0.3) is 10.8 Å². The van der Waals surface area contributed by atoms with Gasteiger partial charge in [0.25, 0.3) is 0 Å². The predicted molar refractivity (Wildman–Crippen MR) is 148 cm³/mol. The molecule has 0 aromatic heterocycles. The van der Waals surface area contributed by atoms with Crippen molar-refractivity contribution in [3.8, 4) is 0 Å². The van der Waals surface area contributed by atoms with Crippen molar-refractivity contribution < 1.29 is 27.5 Å². The van der Waals surface area contributed by atoms with E-state index in [-0.39, 0.29) is 40.5 Å². The number of esters is 1. The Morgan fingerprint density at radius 3 is 2.23 bits per heavy atom. The normalized spacial score (nSPS) is 16.4. The Bertz CT molecular complexity index is 1360. The standard InChI is InChI=1S/C31H33ClF3NO3/c1-18(31(33,34)35)28(23-12-9-19-7-5-6-8-21(19)15-23)29(38)36-26-16-22(13-14-25(26)32)24(20-10-11-20)17-27(37)39-30(2,3)4/h5-9,12-16,18,20,24,28H,10-11,17H2,1-4H3,(H,36,38)/t18-,24+,28+/m1/s1. The molecule has 0 bridgehead atoms. The Kier molecular flexibility index (Phi) is 8.31. The van der Waals surface area contributed by atoms with Gasteiger partial charge in [-0.3, -0.25) is 9.59 Å². The Labute approximate surface area is 231 Å². The minimum absolute atomic E-state index is 0.141. The third kappa shape index (κ3) is 7.33. The van der Waals surface area contributed by atoms with Gasteiger partial charge in [0.05, 0.1) is 29.0 Å². The number of carbonyl (C=O) groups excluding carboxylic acids is 2. The molecule has 1 aliphatic carbocycles. The van der Waals surface area contributed by atoms with Crippen LogP contribution in [0, 0.1) is 11.8 Å². The molecule has 8 heteroatoms. The van der Waals surface area contributed by atoms with E-state index in [0.717, 1.165) is 36.1 Å². The number of nitrogens with one attached hydrogen (secondary N) is 1. The molecule has 0 heterocycles. The van der Waals surface area contributed by atoms with Gasteiger partial charge in [-0.05, 0) is 79.5 Å². The first-order chi connectivity index (χ1) is 18.2. The number of benzene rings is 3. The van der Waals surface area contributed by atoms with E-state index in [1.807, 2.05) is 12.1 Å². The molecule has 1 saturated carbocycles. The summed E-state index contributed by atoms with van der Waals surface area (Å²) in [6, 6.07) is 17.3. The van der Waals surface area contributed by atoms with E-state index >= 15 is 0 Å². The SMILES string of the molecule is C[C@H]([C@H](C(=O)Nc1cc([C@@H](CC(=O)OC(C)(C)C)C2CC2)ccc1Cl)c1ccc2ccccc2c1)C(F)(F)F. The fourth-order valence-corrected chi connectivity index (χ4v) is 5.12. The van der Waals surface area contributed by atoms with Crippen LogP contribution in [0.2, 0.25) is 5.02 Å². The quantitative estimate of drug-likeness (QED) is 0.281. The molecule has 1 aliphatic rings. The molecule has 4 nitrogen and oxygen atoms in total. The van der Waals surface area contributed by atoms with Crippen molar-refractivity contribution in [2.24, 2.45) is 11.8 Å². The van der Waals surface area contributed by atoms with Gasteiger partial charge in [0.2, 0.25) is 5.91 Å². The molecule has 0 radical (unpaired) electrons. The van der Waals surface area contributed by atoms with Crippen molar-refractivity contribution in [3.05, 3.63) is 76.8 Å². The molecule has 3 aromatic carbocycles. The second kappa shape index (κ2) is 11.2. The maximum absolute atomic E-state index is 13.9. The Balaban J connectivity index is 1.63. The molecule has 3 atom stereocenters. The lowest BCUT2D eigenvalue weighted by molar-refractivity contribution is -0.178. The van der Waals surface area contributed by atoms with Crippen LogP contribution in [0.3, 0.4) is 0 Å². The van der Waals surface area contributed by atoms with Crippen LogP contribution in [-0.4, -0.2) is 23.7 Å². The number of carbonyl (C=O) groups is 2. The highest BCUT2D eigenvalue weighted by atomic mass is 35.5. The first kappa shape index (κ1) is 28.9.